The number of carbonyl (C=O) groups is 1. The Kier molecular flexibility index (Phi) is 3.28. The van der Waals surface area contributed by atoms with Crippen molar-refractivity contribution in [1.29, 1.82) is 0 Å². The fraction of sp³-hybridized carbons (Fsp3) is 0.750. The van der Waals surface area contributed by atoms with Crippen LogP contribution in [0.15, 0.2) is 0 Å². The monoisotopic (exact) mass is 266 g/mol. The lowest BCUT2D eigenvalue weighted by atomic mass is 9.89. The second-order valence-corrected chi connectivity index (χ2v) is 5.95. The van der Waals surface area contributed by atoms with Gasteiger partial charge < -0.3 is 0 Å². The second kappa shape index (κ2) is 4.91. The average Bonchev–Trinajstić information content (AvgIpc) is 2.97. The summed E-state index contributed by atoms with van der Waals surface area (Å²) >= 11 is 4.34. The number of aromatic nitrogens is 3. The van der Waals surface area contributed by atoms with Crippen LogP contribution in [0.2, 0.25) is 0 Å². The van der Waals surface area contributed by atoms with E-state index >= 15 is 0 Å². The Hall–Kier alpha value is -1.04. The fourth-order valence-corrected chi connectivity index (χ4v) is 3.15. The van der Waals surface area contributed by atoms with Gasteiger partial charge in [0.25, 0.3) is 5.95 Å². The van der Waals surface area contributed by atoms with Crippen molar-refractivity contribution in [3.05, 3.63) is 5.82 Å². The highest BCUT2D eigenvalue weighted by molar-refractivity contribution is 7.81. The zero-order chi connectivity index (χ0) is 12.5. The van der Waals surface area contributed by atoms with Crippen molar-refractivity contribution in [3.63, 3.8) is 0 Å². The average molecular weight is 266 g/mol. The van der Waals surface area contributed by atoms with Gasteiger partial charge in [0.1, 0.15) is 5.82 Å². The first-order valence-corrected chi connectivity index (χ1v) is 7.16. The Morgan fingerprint density at radius 1 is 1.28 bits per heavy atom. The number of carbonyl (C=O) groups excluding carboxylic acids is 1. The van der Waals surface area contributed by atoms with E-state index in [1.807, 2.05) is 0 Å². The van der Waals surface area contributed by atoms with Gasteiger partial charge in [0.15, 0.2) is 0 Å². The normalized spacial score (nSPS) is 25.9. The van der Waals surface area contributed by atoms with Gasteiger partial charge in [-0.05, 0) is 12.8 Å². The molecule has 3 rings (SSSR count). The van der Waals surface area contributed by atoms with E-state index < -0.39 is 0 Å². The predicted octanol–water partition coefficient (Wildman–Crippen LogP) is 1.89. The Labute approximate surface area is 112 Å². The van der Waals surface area contributed by atoms with E-state index in [-0.39, 0.29) is 11.2 Å². The lowest BCUT2D eigenvalue weighted by molar-refractivity contribution is -0.117. The molecule has 6 heteroatoms. The number of hydrogen-bond donors (Lipinski definition) is 2. The number of anilines is 1. The maximum Gasteiger partial charge on any atom is 0.251 e. The van der Waals surface area contributed by atoms with Gasteiger partial charge >= 0.3 is 0 Å². The molecule has 1 amide bonds. The molecule has 2 heterocycles. The van der Waals surface area contributed by atoms with Crippen LogP contribution in [-0.2, 0) is 4.79 Å². The molecule has 0 aromatic carbocycles. The van der Waals surface area contributed by atoms with E-state index in [9.17, 15) is 4.79 Å². The topological polar surface area (TPSA) is 61.9 Å². The number of hydrogen-bond acceptors (Lipinski definition) is 4. The highest BCUT2D eigenvalue weighted by atomic mass is 32.1. The summed E-state index contributed by atoms with van der Waals surface area (Å²) in [5, 5.41) is 7.31. The van der Waals surface area contributed by atoms with Crippen molar-refractivity contribution in [1.82, 2.24) is 15.2 Å². The maximum absolute atomic E-state index is 11.8. The molecule has 1 saturated heterocycles. The van der Waals surface area contributed by atoms with Gasteiger partial charge in [-0.3, -0.25) is 14.8 Å². The molecular formula is C12H18N4OS. The highest BCUT2D eigenvalue weighted by Crippen LogP contribution is 2.31. The van der Waals surface area contributed by atoms with Crippen LogP contribution in [0.4, 0.5) is 5.95 Å². The minimum atomic E-state index is 0.0733. The van der Waals surface area contributed by atoms with Crippen LogP contribution < -0.4 is 4.90 Å². The quantitative estimate of drug-likeness (QED) is 0.804. The van der Waals surface area contributed by atoms with Gasteiger partial charge in [-0.2, -0.15) is 17.6 Å². The molecule has 1 atom stereocenters. The minimum absolute atomic E-state index is 0.0733. The lowest BCUT2D eigenvalue weighted by Gasteiger charge is -2.18. The first-order chi connectivity index (χ1) is 8.74. The molecule has 1 unspecified atom stereocenters. The molecule has 1 saturated carbocycles. The van der Waals surface area contributed by atoms with E-state index in [0.29, 0.717) is 24.8 Å². The zero-order valence-corrected chi connectivity index (χ0v) is 11.2. The van der Waals surface area contributed by atoms with Gasteiger partial charge in [-0.25, -0.2) is 0 Å². The Morgan fingerprint density at radius 3 is 2.72 bits per heavy atom. The van der Waals surface area contributed by atoms with Crippen molar-refractivity contribution < 1.29 is 4.79 Å². The first kappa shape index (κ1) is 12.0. The molecule has 2 fully saturated rings. The number of nitrogens with zero attached hydrogens (tertiary/aromatic N) is 3. The summed E-state index contributed by atoms with van der Waals surface area (Å²) in [6.07, 6.45) is 6.69. The number of amides is 1. The van der Waals surface area contributed by atoms with E-state index in [1.54, 1.807) is 4.90 Å². The first-order valence-electron chi connectivity index (χ1n) is 6.65. The molecular weight excluding hydrogens is 248 g/mol. The molecule has 1 aliphatic carbocycles. The number of rotatable bonds is 2. The van der Waals surface area contributed by atoms with Crippen LogP contribution in [0.3, 0.4) is 0 Å². The van der Waals surface area contributed by atoms with E-state index in [2.05, 4.69) is 27.8 Å². The molecule has 0 radical (unpaired) electrons. The summed E-state index contributed by atoms with van der Waals surface area (Å²) in [5.74, 6) is 2.03. The third-order valence-corrected chi connectivity index (χ3v) is 4.17. The summed E-state index contributed by atoms with van der Waals surface area (Å²) < 4.78 is 0. The third kappa shape index (κ3) is 2.25. The van der Waals surface area contributed by atoms with Crippen LogP contribution in [0.25, 0.3) is 0 Å². The van der Waals surface area contributed by atoms with Gasteiger partial charge in [-0.15, -0.1) is 5.10 Å². The van der Waals surface area contributed by atoms with Crippen molar-refractivity contribution in [2.24, 2.45) is 0 Å². The number of nitrogens with one attached hydrogen (secondary N) is 1. The zero-order valence-electron chi connectivity index (χ0n) is 10.3. The Bertz CT molecular complexity index is 441. The minimum Gasteiger partial charge on any atom is -0.278 e. The van der Waals surface area contributed by atoms with Crippen LogP contribution >= 0.6 is 12.6 Å². The Balaban J connectivity index is 1.74. The van der Waals surface area contributed by atoms with Crippen LogP contribution in [0.5, 0.6) is 0 Å². The molecule has 0 bridgehead atoms. The molecule has 5 nitrogen and oxygen atoms in total. The smallest absolute Gasteiger partial charge is 0.251 e. The molecule has 1 N–H and O–H groups in total. The molecule has 1 aromatic heterocycles. The molecule has 1 aliphatic heterocycles. The SMILES string of the molecule is O=C1CC(S)CN1c1n[nH]c(C2CCCCC2)n1. The number of H-pyrrole nitrogens is 1. The van der Waals surface area contributed by atoms with Crippen molar-refractivity contribution in [2.45, 2.75) is 49.7 Å². The van der Waals surface area contributed by atoms with E-state index in [4.69, 9.17) is 0 Å². The standard InChI is InChI=1S/C12H18N4OS/c17-10-6-9(18)7-16(10)12-13-11(14-15-12)8-4-2-1-3-5-8/h8-9,18H,1-7H2,(H,13,14,15). The van der Waals surface area contributed by atoms with Crippen LogP contribution in [0, 0.1) is 0 Å². The van der Waals surface area contributed by atoms with E-state index in [0.717, 1.165) is 5.82 Å². The summed E-state index contributed by atoms with van der Waals surface area (Å²) in [5.41, 5.74) is 0. The molecule has 98 valence electrons. The third-order valence-electron chi connectivity index (χ3n) is 3.83. The number of aromatic amines is 1. The van der Waals surface area contributed by atoms with E-state index in [1.165, 1.54) is 32.1 Å². The maximum atomic E-state index is 11.8. The molecule has 1 aromatic rings. The summed E-state index contributed by atoms with van der Waals surface area (Å²) in [6, 6.07) is 0. The van der Waals surface area contributed by atoms with Gasteiger partial charge in [-0.1, -0.05) is 19.3 Å². The molecule has 0 spiro atoms. The summed E-state index contributed by atoms with van der Waals surface area (Å²) in [6.45, 7) is 0.615. The Morgan fingerprint density at radius 2 is 2.06 bits per heavy atom. The molecule has 2 aliphatic rings. The number of thiol groups is 1. The van der Waals surface area contributed by atoms with Gasteiger partial charge in [0.2, 0.25) is 5.91 Å². The summed E-state index contributed by atoms with van der Waals surface area (Å²) in [7, 11) is 0. The van der Waals surface area contributed by atoms with Gasteiger partial charge in [0.05, 0.1) is 0 Å². The van der Waals surface area contributed by atoms with Crippen molar-refractivity contribution >= 4 is 24.5 Å². The largest absolute Gasteiger partial charge is 0.278 e. The van der Waals surface area contributed by atoms with Crippen LogP contribution in [0.1, 0.15) is 50.3 Å². The summed E-state index contributed by atoms with van der Waals surface area (Å²) in [4.78, 5) is 17.9. The van der Waals surface area contributed by atoms with Gasteiger partial charge in [0, 0.05) is 24.1 Å². The molecule has 18 heavy (non-hydrogen) atoms. The second-order valence-electron chi connectivity index (χ2n) is 5.22. The van der Waals surface area contributed by atoms with Crippen LogP contribution in [-0.4, -0.2) is 32.9 Å². The predicted molar refractivity (Wildman–Crippen MR) is 72.0 cm³/mol. The lowest BCUT2D eigenvalue weighted by Crippen LogP contribution is -2.25. The fourth-order valence-electron chi connectivity index (χ4n) is 2.83. The van der Waals surface area contributed by atoms with Crippen molar-refractivity contribution in [2.75, 3.05) is 11.4 Å². The highest BCUT2D eigenvalue weighted by Gasteiger charge is 2.31. The van der Waals surface area contributed by atoms with Crippen molar-refractivity contribution in [3.8, 4) is 0 Å².